The predicted octanol–water partition coefficient (Wildman–Crippen LogP) is 3.78. The summed E-state index contributed by atoms with van der Waals surface area (Å²) >= 11 is 0. The molecule has 0 aromatic carbocycles. The fourth-order valence-corrected chi connectivity index (χ4v) is 3.74. The Kier molecular flexibility index (Phi) is 3.81. The number of allylic oxidation sites excluding steroid dienone is 2. The fourth-order valence-electron chi connectivity index (χ4n) is 3.74. The summed E-state index contributed by atoms with van der Waals surface area (Å²) in [6.45, 7) is 13.6. The first kappa shape index (κ1) is 15.9. The van der Waals surface area contributed by atoms with E-state index in [0.29, 0.717) is 13.2 Å². The molecule has 3 rings (SSSR count). The van der Waals surface area contributed by atoms with Crippen molar-refractivity contribution in [2.45, 2.75) is 53.2 Å². The molecule has 0 aromatic rings. The van der Waals surface area contributed by atoms with Crippen molar-refractivity contribution >= 4 is 0 Å². The third-order valence-corrected chi connectivity index (χ3v) is 5.12. The van der Waals surface area contributed by atoms with Crippen LogP contribution in [0.5, 0.6) is 0 Å². The van der Waals surface area contributed by atoms with Crippen LogP contribution < -0.4 is 0 Å². The fraction of sp³-hybridized carbons (Fsp3) is 0.778. The molecule has 2 aliphatic heterocycles. The van der Waals surface area contributed by atoms with Crippen LogP contribution in [0.4, 0.5) is 0 Å². The van der Waals surface area contributed by atoms with Crippen molar-refractivity contribution in [2.24, 2.45) is 10.8 Å². The van der Waals surface area contributed by atoms with Gasteiger partial charge < -0.3 is 18.9 Å². The Morgan fingerprint density at radius 1 is 1.00 bits per heavy atom. The first-order chi connectivity index (χ1) is 10.3. The van der Waals surface area contributed by atoms with Crippen molar-refractivity contribution in [1.82, 2.24) is 0 Å². The molecular formula is C18H28O4. The van der Waals surface area contributed by atoms with E-state index in [4.69, 9.17) is 18.9 Å². The highest BCUT2D eigenvalue weighted by Gasteiger charge is 2.56. The molecule has 4 heteroatoms. The van der Waals surface area contributed by atoms with E-state index in [0.717, 1.165) is 31.8 Å². The molecule has 2 heterocycles. The molecule has 22 heavy (non-hydrogen) atoms. The van der Waals surface area contributed by atoms with Crippen LogP contribution in [0.2, 0.25) is 0 Å². The lowest BCUT2D eigenvalue weighted by Crippen LogP contribution is -2.58. The van der Waals surface area contributed by atoms with Gasteiger partial charge >= 0.3 is 0 Å². The molecule has 0 aromatic heterocycles. The van der Waals surface area contributed by atoms with Crippen molar-refractivity contribution in [3.05, 3.63) is 23.2 Å². The normalized spacial score (nSPS) is 29.6. The molecule has 124 valence electrons. The Balaban J connectivity index is 1.95. The zero-order chi connectivity index (χ0) is 16.0. The zero-order valence-electron chi connectivity index (χ0n) is 14.5. The highest BCUT2D eigenvalue weighted by atomic mass is 16.7. The third-order valence-electron chi connectivity index (χ3n) is 5.12. The summed E-state index contributed by atoms with van der Waals surface area (Å²) in [5.74, 6) is 0.267. The van der Waals surface area contributed by atoms with Crippen LogP contribution in [0.25, 0.3) is 0 Å². The van der Waals surface area contributed by atoms with E-state index in [1.54, 1.807) is 6.26 Å². The van der Waals surface area contributed by atoms with E-state index < -0.39 is 5.79 Å². The van der Waals surface area contributed by atoms with Crippen LogP contribution in [-0.2, 0) is 18.9 Å². The van der Waals surface area contributed by atoms with Gasteiger partial charge in [0.25, 0.3) is 0 Å². The van der Waals surface area contributed by atoms with Crippen molar-refractivity contribution in [2.75, 3.05) is 26.4 Å². The Labute approximate surface area is 133 Å². The Hall–Kier alpha value is -1.00. The lowest BCUT2D eigenvalue weighted by atomic mass is 9.66. The lowest BCUT2D eigenvalue weighted by Gasteiger charge is -2.55. The van der Waals surface area contributed by atoms with Gasteiger partial charge in [0, 0.05) is 22.8 Å². The summed E-state index contributed by atoms with van der Waals surface area (Å²) in [5.41, 5.74) is 2.31. The highest BCUT2D eigenvalue weighted by molar-refractivity contribution is 5.40. The van der Waals surface area contributed by atoms with Crippen molar-refractivity contribution in [3.63, 3.8) is 0 Å². The van der Waals surface area contributed by atoms with Gasteiger partial charge in [-0.25, -0.2) is 0 Å². The Bertz CT molecular complexity index is 503. The van der Waals surface area contributed by atoms with Gasteiger partial charge in [-0.05, 0) is 13.3 Å². The monoisotopic (exact) mass is 308 g/mol. The van der Waals surface area contributed by atoms with E-state index in [1.807, 2.05) is 0 Å². The molecule has 1 aliphatic carbocycles. The molecule has 0 radical (unpaired) electrons. The number of ether oxygens (including phenoxy) is 4. The maximum Gasteiger partial charge on any atom is 0.177 e. The largest absolute Gasteiger partial charge is 0.494 e. The van der Waals surface area contributed by atoms with E-state index in [2.05, 4.69) is 34.6 Å². The first-order valence-electron chi connectivity index (χ1n) is 8.21. The van der Waals surface area contributed by atoms with Gasteiger partial charge in [-0.15, -0.1) is 0 Å². The van der Waals surface area contributed by atoms with Gasteiger partial charge in [0.05, 0.1) is 13.2 Å². The molecule has 0 bridgehead atoms. The molecule has 1 saturated heterocycles. The first-order valence-corrected chi connectivity index (χ1v) is 8.21. The molecular weight excluding hydrogens is 280 g/mol. The van der Waals surface area contributed by atoms with Crippen LogP contribution in [0, 0.1) is 10.8 Å². The number of hydrogen-bond donors (Lipinski definition) is 0. The van der Waals surface area contributed by atoms with Gasteiger partial charge in [0.1, 0.15) is 19.5 Å². The summed E-state index contributed by atoms with van der Waals surface area (Å²) in [7, 11) is 0. The van der Waals surface area contributed by atoms with Crippen LogP contribution in [-0.4, -0.2) is 32.2 Å². The second-order valence-electron chi connectivity index (χ2n) is 7.98. The standard InChI is InChI=1S/C18H28O4/c1-13-6-7-18(21-11-16(2,3)12-22-18)17(4,5)15(13)14-10-19-8-9-20-14/h10H,6-9,11-12H2,1-5H3. The van der Waals surface area contributed by atoms with Gasteiger partial charge in [0.2, 0.25) is 0 Å². The average Bonchev–Trinajstić information content (AvgIpc) is 2.46. The molecule has 0 saturated carbocycles. The summed E-state index contributed by atoms with van der Waals surface area (Å²) in [4.78, 5) is 0. The minimum atomic E-state index is -0.570. The molecule has 0 unspecified atom stereocenters. The van der Waals surface area contributed by atoms with Gasteiger partial charge in [0.15, 0.2) is 11.5 Å². The van der Waals surface area contributed by atoms with E-state index in [1.165, 1.54) is 11.1 Å². The number of rotatable bonds is 1. The molecule has 0 amide bonds. The highest BCUT2D eigenvalue weighted by Crippen LogP contribution is 2.54. The molecule has 3 aliphatic rings. The third kappa shape index (κ3) is 2.46. The molecule has 0 atom stereocenters. The van der Waals surface area contributed by atoms with Crippen molar-refractivity contribution < 1.29 is 18.9 Å². The minimum absolute atomic E-state index is 0.0709. The van der Waals surface area contributed by atoms with Crippen LogP contribution >= 0.6 is 0 Å². The maximum atomic E-state index is 6.33. The predicted molar refractivity (Wildman–Crippen MR) is 84.1 cm³/mol. The lowest BCUT2D eigenvalue weighted by molar-refractivity contribution is -0.341. The van der Waals surface area contributed by atoms with Crippen LogP contribution in [0.15, 0.2) is 23.2 Å². The smallest absolute Gasteiger partial charge is 0.177 e. The maximum absolute atomic E-state index is 6.33. The minimum Gasteiger partial charge on any atom is -0.494 e. The molecule has 4 nitrogen and oxygen atoms in total. The van der Waals surface area contributed by atoms with Crippen molar-refractivity contribution in [1.29, 1.82) is 0 Å². The summed E-state index contributed by atoms with van der Waals surface area (Å²) in [6, 6.07) is 0. The Morgan fingerprint density at radius 2 is 1.68 bits per heavy atom. The second kappa shape index (κ2) is 5.27. The zero-order valence-corrected chi connectivity index (χ0v) is 14.5. The van der Waals surface area contributed by atoms with E-state index in [-0.39, 0.29) is 10.8 Å². The summed E-state index contributed by atoms with van der Waals surface area (Å²) in [6.07, 6.45) is 3.59. The van der Waals surface area contributed by atoms with E-state index >= 15 is 0 Å². The molecule has 1 fully saturated rings. The summed E-state index contributed by atoms with van der Waals surface area (Å²) < 4.78 is 24.0. The second-order valence-corrected chi connectivity index (χ2v) is 7.98. The average molecular weight is 308 g/mol. The van der Waals surface area contributed by atoms with Crippen LogP contribution in [0.1, 0.15) is 47.5 Å². The van der Waals surface area contributed by atoms with Gasteiger partial charge in [-0.3, -0.25) is 0 Å². The van der Waals surface area contributed by atoms with E-state index in [9.17, 15) is 0 Å². The molecule has 0 N–H and O–H groups in total. The van der Waals surface area contributed by atoms with Crippen LogP contribution in [0.3, 0.4) is 0 Å². The molecule has 1 spiro atoms. The van der Waals surface area contributed by atoms with Gasteiger partial charge in [-0.1, -0.05) is 33.3 Å². The van der Waals surface area contributed by atoms with Crippen molar-refractivity contribution in [3.8, 4) is 0 Å². The Morgan fingerprint density at radius 3 is 2.27 bits per heavy atom. The van der Waals surface area contributed by atoms with Gasteiger partial charge in [-0.2, -0.15) is 0 Å². The quantitative estimate of drug-likeness (QED) is 0.739. The number of hydrogen-bond acceptors (Lipinski definition) is 4. The summed E-state index contributed by atoms with van der Waals surface area (Å²) in [5, 5.41) is 0. The SMILES string of the molecule is CC1=C(C2=COCCO2)C(C)(C)C2(CC1)OCC(C)(C)CO2. The topological polar surface area (TPSA) is 36.9 Å².